The van der Waals surface area contributed by atoms with Crippen LogP contribution in [0, 0.1) is 3.57 Å². The SMILES string of the molecule is CC(C)=CCCP(=O)(OC(=O)[C@H](C)N)Oc1ccc(I)cc1. The number of halogens is 1. The number of nitrogens with two attached hydrogens (primary N) is 1. The van der Waals surface area contributed by atoms with Crippen LogP contribution in [0.5, 0.6) is 5.75 Å². The monoisotopic (exact) mass is 437 g/mol. The number of carbonyl (C=O) groups is 1. The van der Waals surface area contributed by atoms with E-state index in [9.17, 15) is 9.36 Å². The van der Waals surface area contributed by atoms with Gasteiger partial charge < -0.3 is 14.8 Å². The second-order valence-electron chi connectivity index (χ2n) is 5.15. The Labute approximate surface area is 144 Å². The maximum Gasteiger partial charge on any atom is 0.433 e. The highest BCUT2D eigenvalue weighted by Crippen LogP contribution is 2.49. The molecule has 0 saturated heterocycles. The van der Waals surface area contributed by atoms with E-state index in [0.29, 0.717) is 12.2 Å². The molecule has 1 aromatic carbocycles. The van der Waals surface area contributed by atoms with Crippen LogP contribution in [0.1, 0.15) is 27.2 Å². The molecule has 0 amide bonds. The average Bonchev–Trinajstić information content (AvgIpc) is 2.40. The van der Waals surface area contributed by atoms with Gasteiger partial charge in [-0.25, -0.2) is 4.57 Å². The molecule has 0 aromatic heterocycles. The summed E-state index contributed by atoms with van der Waals surface area (Å²) in [6.07, 6.45) is 2.53. The Hall–Kier alpha value is -0.850. The van der Waals surface area contributed by atoms with Crippen molar-refractivity contribution in [3.63, 3.8) is 0 Å². The lowest BCUT2D eigenvalue weighted by Gasteiger charge is -2.19. The van der Waals surface area contributed by atoms with E-state index in [1.165, 1.54) is 6.92 Å². The van der Waals surface area contributed by atoms with Crippen LogP contribution >= 0.6 is 30.2 Å². The fraction of sp³-hybridized carbons (Fsp3) is 0.400. The van der Waals surface area contributed by atoms with Gasteiger partial charge in [-0.15, -0.1) is 0 Å². The molecule has 22 heavy (non-hydrogen) atoms. The van der Waals surface area contributed by atoms with Crippen molar-refractivity contribution in [3.8, 4) is 5.75 Å². The first-order valence-corrected chi connectivity index (χ1v) is 9.69. The van der Waals surface area contributed by atoms with Gasteiger partial charge in [0.15, 0.2) is 0 Å². The zero-order valence-corrected chi connectivity index (χ0v) is 16.0. The smallest absolute Gasteiger partial charge is 0.416 e. The lowest BCUT2D eigenvalue weighted by atomic mass is 10.3. The highest BCUT2D eigenvalue weighted by Gasteiger charge is 2.31. The topological polar surface area (TPSA) is 78.6 Å². The fourth-order valence-corrected chi connectivity index (χ4v) is 3.41. The van der Waals surface area contributed by atoms with E-state index in [4.69, 9.17) is 14.8 Å². The summed E-state index contributed by atoms with van der Waals surface area (Å²) in [6.45, 7) is 5.37. The number of carbonyl (C=O) groups excluding carboxylic acids is 1. The van der Waals surface area contributed by atoms with E-state index in [0.717, 1.165) is 9.14 Å². The first-order chi connectivity index (χ1) is 10.2. The zero-order valence-electron chi connectivity index (χ0n) is 12.9. The van der Waals surface area contributed by atoms with Crippen molar-refractivity contribution in [2.45, 2.75) is 33.2 Å². The largest absolute Gasteiger partial charge is 0.433 e. The minimum absolute atomic E-state index is 0.114. The predicted molar refractivity (Wildman–Crippen MR) is 96.0 cm³/mol. The lowest BCUT2D eigenvalue weighted by molar-refractivity contribution is -0.135. The van der Waals surface area contributed by atoms with Crippen LogP contribution in [0.25, 0.3) is 0 Å². The summed E-state index contributed by atoms with van der Waals surface area (Å²) in [5.41, 5.74) is 6.57. The zero-order chi connectivity index (χ0) is 16.8. The molecule has 1 unspecified atom stereocenters. The molecule has 122 valence electrons. The van der Waals surface area contributed by atoms with Gasteiger partial charge in [0.25, 0.3) is 0 Å². The van der Waals surface area contributed by atoms with E-state index in [-0.39, 0.29) is 6.16 Å². The molecule has 5 nitrogen and oxygen atoms in total. The number of allylic oxidation sites excluding steroid dienone is 2. The predicted octanol–water partition coefficient (Wildman–Crippen LogP) is 4.11. The molecule has 0 heterocycles. The van der Waals surface area contributed by atoms with Crippen molar-refractivity contribution in [2.24, 2.45) is 5.73 Å². The van der Waals surface area contributed by atoms with Crippen LogP contribution in [0.15, 0.2) is 35.9 Å². The third-order valence-electron chi connectivity index (χ3n) is 2.61. The van der Waals surface area contributed by atoms with Crippen LogP contribution in [-0.4, -0.2) is 18.2 Å². The first-order valence-electron chi connectivity index (χ1n) is 6.88. The summed E-state index contributed by atoms with van der Waals surface area (Å²) in [7, 11) is -3.60. The summed E-state index contributed by atoms with van der Waals surface area (Å²) in [5.74, 6) is -0.329. The molecule has 0 aliphatic heterocycles. The average molecular weight is 437 g/mol. The van der Waals surface area contributed by atoms with Crippen molar-refractivity contribution < 1.29 is 18.4 Å². The van der Waals surface area contributed by atoms with Crippen LogP contribution < -0.4 is 10.3 Å². The third-order valence-corrected chi connectivity index (χ3v) is 5.09. The van der Waals surface area contributed by atoms with E-state index < -0.39 is 19.6 Å². The molecule has 2 N–H and O–H groups in total. The van der Waals surface area contributed by atoms with Crippen molar-refractivity contribution in [1.29, 1.82) is 0 Å². The molecule has 7 heteroatoms. The van der Waals surface area contributed by atoms with Gasteiger partial charge in [-0.3, -0.25) is 4.79 Å². The van der Waals surface area contributed by atoms with E-state index in [1.807, 2.05) is 32.1 Å². The second-order valence-corrected chi connectivity index (χ2v) is 8.43. The van der Waals surface area contributed by atoms with Crippen molar-refractivity contribution in [2.75, 3.05) is 6.16 Å². The maximum atomic E-state index is 12.8. The molecule has 0 aliphatic rings. The Morgan fingerprint density at radius 1 is 1.36 bits per heavy atom. The normalized spacial score (nSPS) is 14.6. The van der Waals surface area contributed by atoms with Gasteiger partial charge in [-0.1, -0.05) is 11.6 Å². The first kappa shape index (κ1) is 19.2. The Morgan fingerprint density at radius 3 is 2.45 bits per heavy atom. The third kappa shape index (κ3) is 6.94. The number of rotatable bonds is 7. The van der Waals surface area contributed by atoms with Gasteiger partial charge >= 0.3 is 13.6 Å². The van der Waals surface area contributed by atoms with Crippen molar-refractivity contribution in [1.82, 2.24) is 0 Å². The molecule has 0 bridgehead atoms. The van der Waals surface area contributed by atoms with Gasteiger partial charge in [-0.05, 0) is 74.0 Å². The molecule has 0 saturated carbocycles. The Kier molecular flexibility index (Phi) is 7.59. The van der Waals surface area contributed by atoms with Gasteiger partial charge in [-0.2, -0.15) is 0 Å². The van der Waals surface area contributed by atoms with Gasteiger partial charge in [0, 0.05) is 3.57 Å². The van der Waals surface area contributed by atoms with Crippen molar-refractivity contribution in [3.05, 3.63) is 39.5 Å². The molecule has 1 rings (SSSR count). The van der Waals surface area contributed by atoms with Gasteiger partial charge in [0.2, 0.25) is 0 Å². The van der Waals surface area contributed by atoms with E-state index in [2.05, 4.69) is 22.6 Å². The molecule has 0 fully saturated rings. The summed E-state index contributed by atoms with van der Waals surface area (Å²) < 4.78 is 24.4. The highest BCUT2D eigenvalue weighted by molar-refractivity contribution is 14.1. The summed E-state index contributed by atoms with van der Waals surface area (Å²) >= 11 is 2.16. The fourth-order valence-electron chi connectivity index (χ4n) is 1.50. The number of hydrogen-bond donors (Lipinski definition) is 1. The molecular weight excluding hydrogens is 416 g/mol. The quantitative estimate of drug-likeness (QED) is 0.395. The Balaban J connectivity index is 2.89. The van der Waals surface area contributed by atoms with Crippen LogP contribution in [-0.2, 0) is 13.9 Å². The summed E-state index contributed by atoms with van der Waals surface area (Å²) in [6, 6.07) is 6.18. The summed E-state index contributed by atoms with van der Waals surface area (Å²) in [5, 5.41) is 0. The molecule has 0 aliphatic carbocycles. The van der Waals surface area contributed by atoms with E-state index in [1.54, 1.807) is 12.1 Å². The Morgan fingerprint density at radius 2 is 1.95 bits per heavy atom. The minimum atomic E-state index is -3.60. The molecule has 0 radical (unpaired) electrons. The minimum Gasteiger partial charge on any atom is -0.416 e. The maximum absolute atomic E-state index is 12.8. The number of benzene rings is 1. The number of hydrogen-bond acceptors (Lipinski definition) is 5. The molecule has 1 aromatic rings. The second kappa shape index (κ2) is 8.70. The highest BCUT2D eigenvalue weighted by atomic mass is 127. The van der Waals surface area contributed by atoms with Gasteiger partial charge in [0.1, 0.15) is 11.8 Å². The van der Waals surface area contributed by atoms with Gasteiger partial charge in [0.05, 0.1) is 6.16 Å². The van der Waals surface area contributed by atoms with Crippen LogP contribution in [0.4, 0.5) is 0 Å². The molecular formula is C15H21INO4P. The molecule has 2 atom stereocenters. The summed E-state index contributed by atoms with van der Waals surface area (Å²) in [4.78, 5) is 11.7. The standard InChI is InChI=1S/C15H21INO4P/c1-11(2)5-4-10-22(19,21-15(18)12(3)17)20-14-8-6-13(16)7-9-14/h5-9,12H,4,10,17H2,1-3H3/t12-,22?/m0/s1. The van der Waals surface area contributed by atoms with Crippen LogP contribution in [0.2, 0.25) is 0 Å². The van der Waals surface area contributed by atoms with E-state index >= 15 is 0 Å². The Bertz CT molecular complexity index is 580. The van der Waals surface area contributed by atoms with Crippen molar-refractivity contribution >= 4 is 36.2 Å². The lowest BCUT2D eigenvalue weighted by Crippen LogP contribution is -2.28. The van der Waals surface area contributed by atoms with Crippen LogP contribution in [0.3, 0.4) is 0 Å². The molecule has 0 spiro atoms.